The first kappa shape index (κ1) is 16.2. The summed E-state index contributed by atoms with van der Waals surface area (Å²) in [4.78, 5) is 6.44. The Morgan fingerprint density at radius 1 is 1.43 bits per heavy atom. The van der Waals surface area contributed by atoms with Crippen LogP contribution in [0.3, 0.4) is 0 Å². The number of thiazole rings is 1. The van der Waals surface area contributed by atoms with Crippen LogP contribution in [0.15, 0.2) is 34.0 Å². The summed E-state index contributed by atoms with van der Waals surface area (Å²) in [5.41, 5.74) is 3.60. The molecule has 1 unspecified atom stereocenters. The second-order valence-electron chi connectivity index (χ2n) is 5.69. The van der Waals surface area contributed by atoms with Crippen molar-refractivity contribution >= 4 is 32.9 Å². The minimum Gasteiger partial charge on any atom is -0.370 e. The van der Waals surface area contributed by atoms with E-state index in [1.165, 1.54) is 11.3 Å². The van der Waals surface area contributed by atoms with Crippen molar-refractivity contribution in [1.82, 2.24) is 10.3 Å². The summed E-state index contributed by atoms with van der Waals surface area (Å²) in [6, 6.07) is 5.69. The van der Waals surface area contributed by atoms with E-state index in [1.54, 1.807) is 23.0 Å². The van der Waals surface area contributed by atoms with E-state index in [-0.39, 0.29) is 4.90 Å². The van der Waals surface area contributed by atoms with E-state index in [0.717, 1.165) is 30.8 Å². The molecular weight excluding hydrogens is 332 g/mol. The number of aromatic nitrogens is 1. The maximum Gasteiger partial charge on any atom is 0.263 e. The molecule has 2 N–H and O–H groups in total. The molecule has 1 aromatic heterocycles. The number of rotatable bonds is 5. The van der Waals surface area contributed by atoms with E-state index in [2.05, 4.69) is 27.0 Å². The first-order valence-electron chi connectivity index (χ1n) is 7.42. The van der Waals surface area contributed by atoms with Gasteiger partial charge in [-0.1, -0.05) is 0 Å². The molecule has 2 heterocycles. The van der Waals surface area contributed by atoms with Gasteiger partial charge in [0.2, 0.25) is 0 Å². The van der Waals surface area contributed by atoms with Crippen molar-refractivity contribution in [2.45, 2.75) is 24.3 Å². The molecule has 0 aliphatic carbocycles. The van der Waals surface area contributed by atoms with E-state index >= 15 is 0 Å². The molecule has 124 valence electrons. The van der Waals surface area contributed by atoms with E-state index in [0.29, 0.717) is 11.9 Å². The highest BCUT2D eigenvalue weighted by Crippen LogP contribution is 2.26. The highest BCUT2D eigenvalue weighted by Gasteiger charge is 2.22. The number of sulfonamides is 1. The normalized spacial score (nSPS) is 18.1. The predicted molar refractivity (Wildman–Crippen MR) is 93.8 cm³/mol. The second-order valence-corrected chi connectivity index (χ2v) is 8.09. The number of nitrogens with zero attached hydrogens (tertiary/aromatic N) is 2. The number of hydrogen-bond acceptors (Lipinski definition) is 6. The molecule has 23 heavy (non-hydrogen) atoms. The fraction of sp³-hybridized carbons (Fsp3) is 0.400. The molecule has 1 atom stereocenters. The van der Waals surface area contributed by atoms with Crippen LogP contribution in [0.25, 0.3) is 0 Å². The zero-order valence-electron chi connectivity index (χ0n) is 13.1. The maximum atomic E-state index is 12.4. The van der Waals surface area contributed by atoms with E-state index in [1.807, 2.05) is 13.0 Å². The van der Waals surface area contributed by atoms with Crippen LogP contribution in [0.1, 0.15) is 12.0 Å². The topological polar surface area (TPSA) is 74.3 Å². The van der Waals surface area contributed by atoms with Gasteiger partial charge in [-0.15, -0.1) is 11.3 Å². The summed E-state index contributed by atoms with van der Waals surface area (Å²) in [5.74, 6) is 0.353. The number of anilines is 2. The summed E-state index contributed by atoms with van der Waals surface area (Å²) in [6.45, 7) is 3.93. The molecule has 1 fully saturated rings. The fourth-order valence-electron chi connectivity index (χ4n) is 2.82. The number of nitrogens with one attached hydrogen (secondary N) is 2. The summed E-state index contributed by atoms with van der Waals surface area (Å²) in [6.07, 6.45) is 1.10. The average Bonchev–Trinajstić information content (AvgIpc) is 3.19. The largest absolute Gasteiger partial charge is 0.370 e. The van der Waals surface area contributed by atoms with E-state index < -0.39 is 10.0 Å². The molecule has 6 nitrogen and oxygen atoms in total. The predicted octanol–water partition coefficient (Wildman–Crippen LogP) is 2.05. The van der Waals surface area contributed by atoms with Gasteiger partial charge in [0.25, 0.3) is 10.0 Å². The van der Waals surface area contributed by atoms with Crippen LogP contribution < -0.4 is 14.9 Å². The summed E-state index contributed by atoms with van der Waals surface area (Å²) in [5, 5.41) is 5.02. The Balaban J connectivity index is 1.83. The lowest BCUT2D eigenvalue weighted by molar-refractivity contribution is 0.601. The molecule has 0 radical (unpaired) electrons. The van der Waals surface area contributed by atoms with E-state index in [9.17, 15) is 8.42 Å². The zero-order valence-corrected chi connectivity index (χ0v) is 14.7. The Morgan fingerprint density at radius 2 is 2.26 bits per heavy atom. The van der Waals surface area contributed by atoms with Crippen molar-refractivity contribution in [1.29, 1.82) is 0 Å². The van der Waals surface area contributed by atoms with Gasteiger partial charge in [-0.3, -0.25) is 4.72 Å². The summed E-state index contributed by atoms with van der Waals surface area (Å²) >= 11 is 1.35. The monoisotopic (exact) mass is 352 g/mol. The number of aryl methyl sites for hydroxylation is 1. The van der Waals surface area contributed by atoms with Gasteiger partial charge < -0.3 is 10.2 Å². The van der Waals surface area contributed by atoms with Crippen molar-refractivity contribution in [2.24, 2.45) is 0 Å². The van der Waals surface area contributed by atoms with Crippen LogP contribution in [0.4, 0.5) is 11.5 Å². The van der Waals surface area contributed by atoms with Gasteiger partial charge in [-0.05, 0) is 43.7 Å². The molecular formula is C15H20N4O2S2. The van der Waals surface area contributed by atoms with Gasteiger partial charge >= 0.3 is 0 Å². The molecule has 0 saturated carbocycles. The van der Waals surface area contributed by atoms with Crippen LogP contribution in [0.2, 0.25) is 0 Å². The summed E-state index contributed by atoms with van der Waals surface area (Å²) < 4.78 is 27.3. The van der Waals surface area contributed by atoms with Crippen molar-refractivity contribution in [3.8, 4) is 0 Å². The van der Waals surface area contributed by atoms with Crippen LogP contribution >= 0.6 is 11.3 Å². The Morgan fingerprint density at radius 3 is 2.87 bits per heavy atom. The van der Waals surface area contributed by atoms with Gasteiger partial charge in [0, 0.05) is 30.7 Å². The highest BCUT2D eigenvalue weighted by molar-refractivity contribution is 7.92. The zero-order chi connectivity index (χ0) is 16.4. The lowest BCUT2D eigenvalue weighted by Crippen LogP contribution is -2.33. The van der Waals surface area contributed by atoms with Crippen molar-refractivity contribution in [2.75, 3.05) is 29.8 Å². The number of likely N-dealkylation sites (N-methyl/N-ethyl adjacent to an activating group) is 1. The third kappa shape index (κ3) is 3.49. The first-order valence-corrected chi connectivity index (χ1v) is 9.85. The van der Waals surface area contributed by atoms with Crippen molar-refractivity contribution in [3.05, 3.63) is 34.7 Å². The van der Waals surface area contributed by atoms with Gasteiger partial charge in [0.1, 0.15) is 0 Å². The van der Waals surface area contributed by atoms with E-state index in [4.69, 9.17) is 0 Å². The van der Waals surface area contributed by atoms with Crippen molar-refractivity contribution in [3.63, 3.8) is 0 Å². The Labute approximate surface area is 140 Å². The van der Waals surface area contributed by atoms with Crippen molar-refractivity contribution < 1.29 is 8.42 Å². The SMILES string of the molecule is Cc1cc(S(=O)(=O)Nc2cscn2)ccc1N(C)C1CCNC1. The minimum absolute atomic E-state index is 0.254. The third-order valence-corrected chi connectivity index (χ3v) is 6.05. The smallest absolute Gasteiger partial charge is 0.263 e. The lowest BCUT2D eigenvalue weighted by Gasteiger charge is -2.27. The Kier molecular flexibility index (Phi) is 4.56. The molecule has 1 aromatic carbocycles. The molecule has 1 aliphatic rings. The Bertz CT molecular complexity index is 769. The lowest BCUT2D eigenvalue weighted by atomic mass is 10.1. The Hall–Kier alpha value is -1.64. The molecule has 1 saturated heterocycles. The number of benzene rings is 1. The molecule has 8 heteroatoms. The fourth-order valence-corrected chi connectivity index (χ4v) is 4.46. The van der Waals surface area contributed by atoms with Gasteiger partial charge in [0.15, 0.2) is 5.82 Å². The third-order valence-electron chi connectivity index (χ3n) is 4.11. The average molecular weight is 352 g/mol. The summed E-state index contributed by atoms with van der Waals surface area (Å²) in [7, 11) is -1.55. The minimum atomic E-state index is -3.60. The first-order chi connectivity index (χ1) is 11.0. The van der Waals surface area contributed by atoms with Crippen LogP contribution in [-0.2, 0) is 10.0 Å². The molecule has 3 rings (SSSR count). The van der Waals surface area contributed by atoms with Gasteiger partial charge in [-0.2, -0.15) is 0 Å². The molecule has 1 aliphatic heterocycles. The highest BCUT2D eigenvalue weighted by atomic mass is 32.2. The molecule has 0 bridgehead atoms. The molecule has 0 spiro atoms. The van der Waals surface area contributed by atoms with Gasteiger partial charge in [-0.25, -0.2) is 13.4 Å². The second kappa shape index (κ2) is 6.46. The molecule has 0 amide bonds. The van der Waals surface area contributed by atoms with Crippen LogP contribution in [0.5, 0.6) is 0 Å². The van der Waals surface area contributed by atoms with Crippen LogP contribution in [-0.4, -0.2) is 39.6 Å². The standard InChI is InChI=1S/C15H20N4O2S2/c1-11-7-13(23(20,21)18-15-9-22-10-17-15)3-4-14(11)19(2)12-5-6-16-8-12/h3-4,7,9-10,12,16,18H,5-6,8H2,1-2H3. The maximum absolute atomic E-state index is 12.4. The quantitative estimate of drug-likeness (QED) is 0.861. The van der Waals surface area contributed by atoms with Crippen LogP contribution in [0, 0.1) is 6.92 Å². The number of hydrogen-bond donors (Lipinski definition) is 2. The molecule has 2 aromatic rings. The van der Waals surface area contributed by atoms with Gasteiger partial charge in [0.05, 0.1) is 10.4 Å².